The molecular weight excluding hydrogens is 324 g/mol. The highest BCUT2D eigenvalue weighted by molar-refractivity contribution is 7.89. The van der Waals surface area contributed by atoms with Crippen molar-refractivity contribution in [2.24, 2.45) is 0 Å². The minimum absolute atomic E-state index is 0.193. The average Bonchev–Trinajstić information content (AvgIpc) is 3.04. The standard InChI is InChI=1S/C17H30N4O2S/c1-15(2)21-16(6-9-18-21)14-19-12-7-17(8-13-19)24(22,23)20-10-4-3-5-11-20/h6,9,15,17H,3-5,7-8,10-14H2,1-2H3. The van der Waals surface area contributed by atoms with Crippen molar-refractivity contribution in [3.05, 3.63) is 18.0 Å². The first-order chi connectivity index (χ1) is 11.5. The Hall–Kier alpha value is -0.920. The molecule has 0 unspecified atom stereocenters. The summed E-state index contributed by atoms with van der Waals surface area (Å²) in [6.45, 7) is 8.25. The predicted molar refractivity (Wildman–Crippen MR) is 95.3 cm³/mol. The third-order valence-corrected chi connectivity index (χ3v) is 7.66. The Kier molecular flexibility index (Phi) is 5.62. The van der Waals surface area contributed by atoms with Crippen LogP contribution in [0.15, 0.2) is 12.3 Å². The molecule has 3 heterocycles. The largest absolute Gasteiger partial charge is 0.297 e. The predicted octanol–water partition coefficient (Wildman–Crippen LogP) is 2.24. The van der Waals surface area contributed by atoms with Gasteiger partial charge in [0, 0.05) is 31.9 Å². The minimum Gasteiger partial charge on any atom is -0.297 e. The second kappa shape index (κ2) is 7.54. The molecule has 2 aliphatic heterocycles. The van der Waals surface area contributed by atoms with E-state index in [0.717, 1.165) is 64.8 Å². The lowest BCUT2D eigenvalue weighted by Crippen LogP contribution is -2.46. The number of aromatic nitrogens is 2. The molecule has 1 aromatic heterocycles. The number of likely N-dealkylation sites (tertiary alicyclic amines) is 1. The van der Waals surface area contributed by atoms with Crippen LogP contribution in [0.3, 0.4) is 0 Å². The molecule has 24 heavy (non-hydrogen) atoms. The molecule has 0 amide bonds. The lowest BCUT2D eigenvalue weighted by molar-refractivity contribution is 0.211. The first-order valence-electron chi connectivity index (χ1n) is 9.22. The molecule has 0 aromatic carbocycles. The van der Waals surface area contributed by atoms with Crippen LogP contribution in [0.1, 0.15) is 57.7 Å². The van der Waals surface area contributed by atoms with Gasteiger partial charge in [-0.15, -0.1) is 0 Å². The summed E-state index contributed by atoms with van der Waals surface area (Å²) in [5.41, 5.74) is 1.21. The van der Waals surface area contributed by atoms with Gasteiger partial charge in [-0.1, -0.05) is 6.42 Å². The number of piperidine rings is 2. The van der Waals surface area contributed by atoms with E-state index in [0.29, 0.717) is 6.04 Å². The van der Waals surface area contributed by atoms with E-state index in [2.05, 4.69) is 34.6 Å². The molecule has 0 atom stereocenters. The van der Waals surface area contributed by atoms with Gasteiger partial charge in [0.25, 0.3) is 0 Å². The summed E-state index contributed by atoms with van der Waals surface area (Å²) in [5, 5.41) is 4.19. The molecule has 1 aromatic rings. The van der Waals surface area contributed by atoms with Crippen molar-refractivity contribution in [2.75, 3.05) is 26.2 Å². The molecule has 0 aliphatic carbocycles. The van der Waals surface area contributed by atoms with E-state index in [1.807, 2.05) is 6.20 Å². The van der Waals surface area contributed by atoms with E-state index in [4.69, 9.17) is 0 Å². The van der Waals surface area contributed by atoms with Gasteiger partial charge >= 0.3 is 0 Å². The molecule has 2 fully saturated rings. The topological polar surface area (TPSA) is 58.4 Å². The zero-order valence-corrected chi connectivity index (χ0v) is 15.7. The molecule has 136 valence electrons. The van der Waals surface area contributed by atoms with Gasteiger partial charge in [0.15, 0.2) is 0 Å². The van der Waals surface area contributed by atoms with Crippen molar-refractivity contribution in [3.63, 3.8) is 0 Å². The fraction of sp³-hybridized carbons (Fsp3) is 0.824. The highest BCUT2D eigenvalue weighted by Gasteiger charge is 2.35. The molecule has 2 saturated heterocycles. The monoisotopic (exact) mass is 354 g/mol. The van der Waals surface area contributed by atoms with E-state index < -0.39 is 10.0 Å². The third kappa shape index (κ3) is 3.83. The van der Waals surface area contributed by atoms with E-state index in [1.54, 1.807) is 4.31 Å². The lowest BCUT2D eigenvalue weighted by Gasteiger charge is -2.35. The van der Waals surface area contributed by atoms with Gasteiger partial charge in [0.1, 0.15) is 0 Å². The molecule has 7 heteroatoms. The van der Waals surface area contributed by atoms with Crippen LogP contribution in [0.4, 0.5) is 0 Å². The fourth-order valence-corrected chi connectivity index (χ4v) is 5.85. The van der Waals surface area contributed by atoms with Crippen molar-refractivity contribution < 1.29 is 8.42 Å². The summed E-state index contributed by atoms with van der Waals surface area (Å²) in [7, 11) is -3.10. The molecule has 0 bridgehead atoms. The van der Waals surface area contributed by atoms with E-state index in [-0.39, 0.29) is 5.25 Å². The maximum atomic E-state index is 12.8. The van der Waals surface area contributed by atoms with E-state index in [1.165, 1.54) is 5.69 Å². The van der Waals surface area contributed by atoms with Crippen LogP contribution in [0, 0.1) is 0 Å². The quantitative estimate of drug-likeness (QED) is 0.814. The van der Waals surface area contributed by atoms with Crippen LogP contribution in [0.25, 0.3) is 0 Å². The number of hydrogen-bond donors (Lipinski definition) is 0. The van der Waals surface area contributed by atoms with Crippen molar-refractivity contribution in [1.29, 1.82) is 0 Å². The Morgan fingerprint density at radius 3 is 2.42 bits per heavy atom. The Morgan fingerprint density at radius 2 is 1.79 bits per heavy atom. The zero-order valence-electron chi connectivity index (χ0n) is 14.9. The van der Waals surface area contributed by atoms with Crippen LogP contribution in [-0.2, 0) is 16.6 Å². The normalized spacial score (nSPS) is 22.3. The molecule has 0 saturated carbocycles. The smallest absolute Gasteiger partial charge is 0.217 e. The Bertz CT molecular complexity index is 627. The Morgan fingerprint density at radius 1 is 1.12 bits per heavy atom. The zero-order chi connectivity index (χ0) is 17.2. The molecule has 6 nitrogen and oxygen atoms in total. The second-order valence-electron chi connectivity index (χ2n) is 7.34. The van der Waals surface area contributed by atoms with Gasteiger partial charge in [0.2, 0.25) is 10.0 Å². The van der Waals surface area contributed by atoms with Crippen molar-refractivity contribution in [3.8, 4) is 0 Å². The summed E-state index contributed by atoms with van der Waals surface area (Å²) >= 11 is 0. The second-order valence-corrected chi connectivity index (χ2v) is 9.55. The molecule has 0 radical (unpaired) electrons. The molecule has 0 N–H and O–H groups in total. The summed E-state index contributed by atoms with van der Waals surface area (Å²) in [4.78, 5) is 2.36. The van der Waals surface area contributed by atoms with Gasteiger partial charge in [-0.2, -0.15) is 5.10 Å². The number of hydrogen-bond acceptors (Lipinski definition) is 4. The van der Waals surface area contributed by atoms with Gasteiger partial charge in [-0.05, 0) is 58.7 Å². The van der Waals surface area contributed by atoms with Crippen molar-refractivity contribution in [2.45, 2.75) is 63.8 Å². The summed E-state index contributed by atoms with van der Waals surface area (Å²) < 4.78 is 29.4. The van der Waals surface area contributed by atoms with E-state index >= 15 is 0 Å². The van der Waals surface area contributed by atoms with Gasteiger partial charge in [-0.25, -0.2) is 12.7 Å². The molecule has 0 spiro atoms. The Labute approximate surface area is 145 Å². The van der Waals surface area contributed by atoms with Crippen LogP contribution < -0.4 is 0 Å². The summed E-state index contributed by atoms with van der Waals surface area (Å²) in [6, 6.07) is 2.42. The Balaban J connectivity index is 1.56. The van der Waals surface area contributed by atoms with Crippen LogP contribution in [0.5, 0.6) is 0 Å². The first-order valence-corrected chi connectivity index (χ1v) is 10.7. The first kappa shape index (κ1) is 17.9. The average molecular weight is 355 g/mol. The van der Waals surface area contributed by atoms with Gasteiger partial charge in [-0.3, -0.25) is 9.58 Å². The van der Waals surface area contributed by atoms with Crippen LogP contribution >= 0.6 is 0 Å². The van der Waals surface area contributed by atoms with E-state index in [9.17, 15) is 8.42 Å². The highest BCUT2D eigenvalue weighted by atomic mass is 32.2. The summed E-state index contributed by atoms with van der Waals surface area (Å²) in [6.07, 6.45) is 6.52. The molecular formula is C17H30N4O2S. The fourth-order valence-electron chi connectivity index (χ4n) is 3.86. The molecule has 2 aliphatic rings. The van der Waals surface area contributed by atoms with Crippen LogP contribution in [-0.4, -0.2) is 58.8 Å². The third-order valence-electron chi connectivity index (χ3n) is 5.26. The van der Waals surface area contributed by atoms with Gasteiger partial charge < -0.3 is 0 Å². The van der Waals surface area contributed by atoms with Gasteiger partial charge in [0.05, 0.1) is 10.9 Å². The number of rotatable bonds is 5. The number of nitrogens with zero attached hydrogens (tertiary/aromatic N) is 4. The molecule has 3 rings (SSSR count). The van der Waals surface area contributed by atoms with Crippen LogP contribution in [0.2, 0.25) is 0 Å². The highest BCUT2D eigenvalue weighted by Crippen LogP contribution is 2.25. The maximum Gasteiger partial charge on any atom is 0.217 e. The van der Waals surface area contributed by atoms with Crippen molar-refractivity contribution in [1.82, 2.24) is 19.0 Å². The summed E-state index contributed by atoms with van der Waals surface area (Å²) in [5.74, 6) is 0. The maximum absolute atomic E-state index is 12.8. The van der Waals surface area contributed by atoms with Crippen molar-refractivity contribution >= 4 is 10.0 Å². The SMILES string of the molecule is CC(C)n1nccc1CN1CCC(S(=O)(=O)N2CCCCC2)CC1. The number of sulfonamides is 1. The minimum atomic E-state index is -3.10. The lowest BCUT2D eigenvalue weighted by atomic mass is 10.1.